The van der Waals surface area contributed by atoms with Crippen LogP contribution in [0.3, 0.4) is 0 Å². The maximum atomic E-state index is 13.6. The van der Waals surface area contributed by atoms with E-state index in [-0.39, 0.29) is 17.0 Å². The molecular formula is C13H12FN3O2. The van der Waals surface area contributed by atoms with Crippen LogP contribution in [-0.4, -0.2) is 30.1 Å². The van der Waals surface area contributed by atoms with Crippen molar-refractivity contribution in [2.75, 3.05) is 19.5 Å². The van der Waals surface area contributed by atoms with Crippen molar-refractivity contribution in [3.8, 4) is 11.4 Å². The Labute approximate surface area is 109 Å². The minimum absolute atomic E-state index is 0.199. The Hall–Kier alpha value is -2.50. The van der Waals surface area contributed by atoms with Gasteiger partial charge in [0, 0.05) is 13.2 Å². The molecule has 1 aromatic carbocycles. The Kier molecular flexibility index (Phi) is 3.70. The number of aromatic nitrogens is 2. The van der Waals surface area contributed by atoms with Gasteiger partial charge in [0.25, 0.3) is 0 Å². The molecule has 0 aliphatic heterocycles. The number of carbonyl (C=O) groups excluding carboxylic acids is 1. The Bertz CT molecular complexity index is 617. The van der Waals surface area contributed by atoms with Crippen LogP contribution in [0.5, 0.6) is 0 Å². The van der Waals surface area contributed by atoms with E-state index in [1.165, 1.54) is 19.4 Å². The molecular weight excluding hydrogens is 249 g/mol. The van der Waals surface area contributed by atoms with Gasteiger partial charge in [-0.2, -0.15) is 0 Å². The molecule has 1 aromatic heterocycles. The van der Waals surface area contributed by atoms with E-state index in [0.717, 1.165) is 0 Å². The number of hydrogen-bond donors (Lipinski definition) is 1. The Balaban J connectivity index is 2.51. The second-order valence-electron chi connectivity index (χ2n) is 3.68. The van der Waals surface area contributed by atoms with Gasteiger partial charge in [-0.15, -0.1) is 0 Å². The summed E-state index contributed by atoms with van der Waals surface area (Å²) in [5, 5.41) is 2.77. The Morgan fingerprint density at radius 2 is 2.11 bits per heavy atom. The molecule has 2 rings (SSSR count). The molecule has 1 heterocycles. The number of anilines is 1. The molecule has 0 aliphatic rings. The number of ether oxygens (including phenoxy) is 1. The highest BCUT2D eigenvalue weighted by Crippen LogP contribution is 2.21. The Morgan fingerprint density at radius 3 is 2.74 bits per heavy atom. The third-order valence-electron chi connectivity index (χ3n) is 2.55. The van der Waals surface area contributed by atoms with Crippen molar-refractivity contribution in [1.29, 1.82) is 0 Å². The quantitative estimate of drug-likeness (QED) is 0.857. The first kappa shape index (κ1) is 12.9. The lowest BCUT2D eigenvalue weighted by molar-refractivity contribution is 0.0601. The summed E-state index contributed by atoms with van der Waals surface area (Å²) in [6, 6.07) is 6.17. The number of benzene rings is 1. The molecule has 19 heavy (non-hydrogen) atoms. The highest BCUT2D eigenvalue weighted by atomic mass is 19.1. The number of hydrogen-bond acceptors (Lipinski definition) is 5. The van der Waals surface area contributed by atoms with Gasteiger partial charge < -0.3 is 10.1 Å². The lowest BCUT2D eigenvalue weighted by Gasteiger charge is -2.08. The SMILES string of the molecule is CNc1nc(-c2ccccc2F)ncc1C(=O)OC. The van der Waals surface area contributed by atoms with E-state index in [2.05, 4.69) is 20.0 Å². The first-order valence-electron chi connectivity index (χ1n) is 5.55. The predicted molar refractivity (Wildman–Crippen MR) is 68.3 cm³/mol. The summed E-state index contributed by atoms with van der Waals surface area (Å²) < 4.78 is 18.3. The fraction of sp³-hybridized carbons (Fsp3) is 0.154. The topological polar surface area (TPSA) is 64.1 Å². The van der Waals surface area contributed by atoms with E-state index in [1.807, 2.05) is 0 Å². The monoisotopic (exact) mass is 261 g/mol. The van der Waals surface area contributed by atoms with Crippen LogP contribution in [-0.2, 0) is 4.74 Å². The maximum Gasteiger partial charge on any atom is 0.343 e. The molecule has 0 bridgehead atoms. The van der Waals surface area contributed by atoms with Crippen LogP contribution in [0.1, 0.15) is 10.4 Å². The van der Waals surface area contributed by atoms with Crippen LogP contribution < -0.4 is 5.32 Å². The van der Waals surface area contributed by atoms with Crippen LogP contribution >= 0.6 is 0 Å². The number of nitrogens with zero attached hydrogens (tertiary/aromatic N) is 2. The molecule has 5 nitrogen and oxygen atoms in total. The summed E-state index contributed by atoms with van der Waals surface area (Å²) in [7, 11) is 2.88. The average Bonchev–Trinajstić information content (AvgIpc) is 2.46. The molecule has 0 atom stereocenters. The summed E-state index contributed by atoms with van der Waals surface area (Å²) in [4.78, 5) is 19.6. The lowest BCUT2D eigenvalue weighted by Crippen LogP contribution is -2.09. The molecule has 6 heteroatoms. The van der Waals surface area contributed by atoms with Gasteiger partial charge in [-0.3, -0.25) is 0 Å². The lowest BCUT2D eigenvalue weighted by atomic mass is 10.2. The molecule has 0 amide bonds. The van der Waals surface area contributed by atoms with Gasteiger partial charge in [-0.25, -0.2) is 19.2 Å². The maximum absolute atomic E-state index is 13.6. The number of rotatable bonds is 3. The van der Waals surface area contributed by atoms with Gasteiger partial charge in [0.2, 0.25) is 0 Å². The van der Waals surface area contributed by atoms with Gasteiger partial charge in [0.1, 0.15) is 17.2 Å². The second kappa shape index (κ2) is 5.43. The fourth-order valence-electron chi connectivity index (χ4n) is 1.60. The minimum atomic E-state index is -0.551. The standard InChI is InChI=1S/C13H12FN3O2/c1-15-11-9(13(18)19-2)7-16-12(17-11)8-5-3-4-6-10(8)14/h3-7H,1-2H3,(H,15,16,17). The zero-order chi connectivity index (χ0) is 13.8. The normalized spacial score (nSPS) is 10.1. The molecule has 0 unspecified atom stereocenters. The zero-order valence-corrected chi connectivity index (χ0v) is 10.5. The average molecular weight is 261 g/mol. The van der Waals surface area contributed by atoms with Crippen LogP contribution in [0.15, 0.2) is 30.5 Å². The summed E-state index contributed by atoms with van der Waals surface area (Å²) >= 11 is 0. The highest BCUT2D eigenvalue weighted by molar-refractivity contribution is 5.94. The molecule has 98 valence electrons. The van der Waals surface area contributed by atoms with Crippen LogP contribution in [0.4, 0.5) is 10.2 Å². The van der Waals surface area contributed by atoms with Gasteiger partial charge in [-0.05, 0) is 12.1 Å². The number of methoxy groups -OCH3 is 1. The number of nitrogens with one attached hydrogen (secondary N) is 1. The summed E-state index contributed by atoms with van der Waals surface area (Å²) in [5.74, 6) is -0.477. The summed E-state index contributed by atoms with van der Waals surface area (Å²) in [5.41, 5.74) is 0.473. The van der Waals surface area contributed by atoms with Crippen LogP contribution in [0.25, 0.3) is 11.4 Å². The fourth-order valence-corrected chi connectivity index (χ4v) is 1.60. The van der Waals surface area contributed by atoms with Crippen molar-refractivity contribution in [2.24, 2.45) is 0 Å². The van der Waals surface area contributed by atoms with Crippen molar-refractivity contribution in [2.45, 2.75) is 0 Å². The minimum Gasteiger partial charge on any atom is -0.465 e. The van der Waals surface area contributed by atoms with E-state index in [4.69, 9.17) is 0 Å². The smallest absolute Gasteiger partial charge is 0.343 e. The van der Waals surface area contributed by atoms with E-state index >= 15 is 0 Å². The number of halogens is 1. The number of carbonyl (C=O) groups is 1. The zero-order valence-electron chi connectivity index (χ0n) is 10.5. The van der Waals surface area contributed by atoms with E-state index in [1.54, 1.807) is 25.2 Å². The van der Waals surface area contributed by atoms with Crippen molar-refractivity contribution in [3.63, 3.8) is 0 Å². The van der Waals surface area contributed by atoms with Crippen molar-refractivity contribution >= 4 is 11.8 Å². The van der Waals surface area contributed by atoms with E-state index in [9.17, 15) is 9.18 Å². The molecule has 0 aliphatic carbocycles. The second-order valence-corrected chi connectivity index (χ2v) is 3.68. The predicted octanol–water partition coefficient (Wildman–Crippen LogP) is 2.11. The molecule has 0 spiro atoms. The van der Waals surface area contributed by atoms with Crippen LogP contribution in [0.2, 0.25) is 0 Å². The van der Waals surface area contributed by atoms with Crippen LogP contribution in [0, 0.1) is 5.82 Å². The van der Waals surface area contributed by atoms with E-state index < -0.39 is 11.8 Å². The summed E-state index contributed by atoms with van der Waals surface area (Å²) in [6.45, 7) is 0. The van der Waals surface area contributed by atoms with Crippen molar-refractivity contribution in [3.05, 3.63) is 41.8 Å². The molecule has 2 aromatic rings. The Morgan fingerprint density at radius 1 is 1.37 bits per heavy atom. The molecule has 0 saturated heterocycles. The van der Waals surface area contributed by atoms with Gasteiger partial charge in [0.15, 0.2) is 5.82 Å². The van der Waals surface area contributed by atoms with Crippen molar-refractivity contribution in [1.82, 2.24) is 9.97 Å². The molecule has 0 radical (unpaired) electrons. The van der Waals surface area contributed by atoms with Gasteiger partial charge in [0.05, 0.1) is 12.7 Å². The molecule has 0 saturated carbocycles. The third-order valence-corrected chi connectivity index (χ3v) is 2.55. The first-order valence-corrected chi connectivity index (χ1v) is 5.55. The molecule has 0 fully saturated rings. The highest BCUT2D eigenvalue weighted by Gasteiger charge is 2.16. The summed E-state index contributed by atoms with van der Waals surface area (Å²) in [6.07, 6.45) is 1.31. The van der Waals surface area contributed by atoms with Crippen molar-refractivity contribution < 1.29 is 13.9 Å². The van der Waals surface area contributed by atoms with Gasteiger partial charge in [-0.1, -0.05) is 12.1 Å². The number of esters is 1. The van der Waals surface area contributed by atoms with Gasteiger partial charge >= 0.3 is 5.97 Å². The van der Waals surface area contributed by atoms with E-state index in [0.29, 0.717) is 5.82 Å². The first-order chi connectivity index (χ1) is 9.17. The third kappa shape index (κ3) is 2.52. The largest absolute Gasteiger partial charge is 0.465 e. The molecule has 1 N–H and O–H groups in total.